The van der Waals surface area contributed by atoms with Crippen LogP contribution in [0.4, 0.5) is 5.13 Å². The minimum absolute atomic E-state index is 0.00198. The minimum Gasteiger partial charge on any atom is -0.391 e. The molecule has 2 saturated heterocycles. The molecule has 1 unspecified atom stereocenters. The van der Waals surface area contributed by atoms with E-state index in [1.807, 2.05) is 0 Å². The van der Waals surface area contributed by atoms with Crippen molar-refractivity contribution in [1.82, 2.24) is 9.88 Å². The lowest BCUT2D eigenvalue weighted by Gasteiger charge is -2.37. The predicted molar refractivity (Wildman–Crippen MR) is 83.5 cm³/mol. The lowest BCUT2D eigenvalue weighted by Crippen LogP contribution is -2.50. The number of fused-ring (bicyclic) bond motifs is 1. The van der Waals surface area contributed by atoms with E-state index in [-0.39, 0.29) is 12.0 Å². The Labute approximate surface area is 125 Å². The maximum Gasteiger partial charge on any atom is 0.185 e. The minimum atomic E-state index is 0.00198. The van der Waals surface area contributed by atoms with Gasteiger partial charge in [0.25, 0.3) is 0 Å². The van der Waals surface area contributed by atoms with Crippen molar-refractivity contribution in [2.24, 2.45) is 0 Å². The number of hydrogen-bond acceptors (Lipinski definition) is 5. The molecule has 112 valence electrons. The van der Waals surface area contributed by atoms with Crippen LogP contribution in [0.5, 0.6) is 0 Å². The number of rotatable bonds is 2. The standard InChI is InChI=1S/C15H25N3OS/c1-15(2,3)13-12(10-19)20-14(16-13)18-8-7-17-6-4-5-11(17)9-18/h11,19H,4-10H2,1-3H3. The molecule has 2 aliphatic heterocycles. The summed E-state index contributed by atoms with van der Waals surface area (Å²) in [5.74, 6) is 0. The molecule has 1 aromatic rings. The second-order valence-electron chi connectivity index (χ2n) is 6.95. The fourth-order valence-electron chi connectivity index (χ4n) is 3.33. The zero-order valence-electron chi connectivity index (χ0n) is 12.7. The van der Waals surface area contributed by atoms with Crippen molar-refractivity contribution in [3.8, 4) is 0 Å². The van der Waals surface area contributed by atoms with Crippen LogP contribution in [0.3, 0.4) is 0 Å². The van der Waals surface area contributed by atoms with Crippen molar-refractivity contribution in [3.63, 3.8) is 0 Å². The van der Waals surface area contributed by atoms with Crippen LogP contribution < -0.4 is 4.90 Å². The van der Waals surface area contributed by atoms with Gasteiger partial charge in [-0.1, -0.05) is 32.1 Å². The summed E-state index contributed by atoms with van der Waals surface area (Å²) in [4.78, 5) is 10.9. The van der Waals surface area contributed by atoms with Gasteiger partial charge in [0.2, 0.25) is 0 Å². The molecule has 0 bridgehead atoms. The summed E-state index contributed by atoms with van der Waals surface area (Å²) in [7, 11) is 0. The third-order valence-electron chi connectivity index (χ3n) is 4.40. The van der Waals surface area contributed by atoms with E-state index < -0.39 is 0 Å². The Bertz CT molecular complexity index is 480. The largest absolute Gasteiger partial charge is 0.391 e. The Balaban J connectivity index is 1.82. The topological polar surface area (TPSA) is 39.6 Å². The van der Waals surface area contributed by atoms with Gasteiger partial charge in [-0.3, -0.25) is 4.90 Å². The van der Waals surface area contributed by atoms with Crippen molar-refractivity contribution < 1.29 is 5.11 Å². The first kappa shape index (κ1) is 14.3. The van der Waals surface area contributed by atoms with Crippen molar-refractivity contribution in [2.45, 2.75) is 51.7 Å². The SMILES string of the molecule is CC(C)(C)c1nc(N2CCN3CCCC3C2)sc1CO. The van der Waals surface area contributed by atoms with Gasteiger partial charge in [-0.2, -0.15) is 0 Å². The normalized spacial score (nSPS) is 24.2. The number of aliphatic hydroxyl groups excluding tert-OH is 1. The Kier molecular flexibility index (Phi) is 3.77. The van der Waals surface area contributed by atoms with E-state index in [4.69, 9.17) is 4.98 Å². The summed E-state index contributed by atoms with van der Waals surface area (Å²) in [5.41, 5.74) is 1.07. The summed E-state index contributed by atoms with van der Waals surface area (Å²) >= 11 is 1.67. The van der Waals surface area contributed by atoms with Crippen LogP contribution in [-0.2, 0) is 12.0 Å². The molecule has 0 aliphatic carbocycles. The van der Waals surface area contributed by atoms with E-state index in [0.717, 1.165) is 35.3 Å². The molecule has 2 aliphatic rings. The summed E-state index contributed by atoms with van der Waals surface area (Å²) in [5, 5.41) is 10.7. The predicted octanol–water partition coefficient (Wildman–Crippen LogP) is 2.22. The first-order valence-electron chi connectivity index (χ1n) is 7.59. The van der Waals surface area contributed by atoms with E-state index in [1.165, 1.54) is 19.4 Å². The molecule has 0 aromatic carbocycles. The van der Waals surface area contributed by atoms with Crippen molar-refractivity contribution >= 4 is 16.5 Å². The van der Waals surface area contributed by atoms with E-state index in [1.54, 1.807) is 11.3 Å². The van der Waals surface area contributed by atoms with Gasteiger partial charge < -0.3 is 10.0 Å². The second-order valence-corrected chi connectivity index (χ2v) is 8.02. The number of nitrogens with zero attached hydrogens (tertiary/aromatic N) is 3. The highest BCUT2D eigenvalue weighted by Gasteiger charge is 2.32. The lowest BCUT2D eigenvalue weighted by atomic mass is 9.91. The number of aromatic nitrogens is 1. The van der Waals surface area contributed by atoms with Crippen LogP contribution in [0.1, 0.15) is 44.2 Å². The number of hydrogen-bond donors (Lipinski definition) is 1. The fourth-order valence-corrected chi connectivity index (χ4v) is 4.50. The maximum atomic E-state index is 9.59. The summed E-state index contributed by atoms with van der Waals surface area (Å²) in [6.45, 7) is 11.2. The molecule has 5 heteroatoms. The van der Waals surface area contributed by atoms with Gasteiger partial charge in [-0.15, -0.1) is 0 Å². The van der Waals surface area contributed by atoms with Crippen molar-refractivity contribution in [1.29, 1.82) is 0 Å². The van der Waals surface area contributed by atoms with Gasteiger partial charge in [0.05, 0.1) is 17.2 Å². The van der Waals surface area contributed by atoms with Crippen LogP contribution in [0, 0.1) is 0 Å². The molecule has 0 spiro atoms. The highest BCUT2D eigenvalue weighted by Crippen LogP contribution is 2.35. The van der Waals surface area contributed by atoms with Gasteiger partial charge >= 0.3 is 0 Å². The average molecular weight is 295 g/mol. The summed E-state index contributed by atoms with van der Waals surface area (Å²) in [6, 6.07) is 0.711. The zero-order valence-corrected chi connectivity index (χ0v) is 13.5. The fraction of sp³-hybridized carbons (Fsp3) is 0.800. The van der Waals surface area contributed by atoms with Crippen LogP contribution in [-0.4, -0.2) is 47.2 Å². The third-order valence-corrected chi connectivity index (χ3v) is 5.50. The molecule has 3 rings (SSSR count). The Morgan fingerprint density at radius 1 is 1.30 bits per heavy atom. The molecule has 0 radical (unpaired) electrons. The van der Waals surface area contributed by atoms with Crippen LogP contribution in [0.25, 0.3) is 0 Å². The molecule has 3 heterocycles. The zero-order chi connectivity index (χ0) is 14.3. The number of thiazole rings is 1. The Morgan fingerprint density at radius 2 is 2.10 bits per heavy atom. The third kappa shape index (κ3) is 2.59. The number of piperazine rings is 1. The van der Waals surface area contributed by atoms with Gasteiger partial charge in [0, 0.05) is 31.1 Å². The van der Waals surface area contributed by atoms with Crippen LogP contribution >= 0.6 is 11.3 Å². The second kappa shape index (κ2) is 5.28. The van der Waals surface area contributed by atoms with E-state index in [2.05, 4.69) is 30.6 Å². The maximum absolute atomic E-state index is 9.59. The molecular weight excluding hydrogens is 270 g/mol. The van der Waals surface area contributed by atoms with Gasteiger partial charge in [-0.05, 0) is 19.4 Å². The quantitative estimate of drug-likeness (QED) is 0.908. The molecule has 4 nitrogen and oxygen atoms in total. The monoisotopic (exact) mass is 295 g/mol. The van der Waals surface area contributed by atoms with E-state index in [0.29, 0.717) is 6.04 Å². The first-order valence-corrected chi connectivity index (χ1v) is 8.40. The summed E-state index contributed by atoms with van der Waals surface area (Å²) < 4.78 is 0. The molecule has 0 saturated carbocycles. The molecule has 1 N–H and O–H groups in total. The smallest absolute Gasteiger partial charge is 0.185 e. The Morgan fingerprint density at radius 3 is 2.75 bits per heavy atom. The highest BCUT2D eigenvalue weighted by atomic mass is 32.1. The Hall–Kier alpha value is -0.650. The van der Waals surface area contributed by atoms with E-state index in [9.17, 15) is 5.11 Å². The molecule has 20 heavy (non-hydrogen) atoms. The molecule has 1 aromatic heterocycles. The number of anilines is 1. The van der Waals surface area contributed by atoms with Crippen molar-refractivity contribution in [2.75, 3.05) is 31.1 Å². The van der Waals surface area contributed by atoms with Crippen LogP contribution in [0.2, 0.25) is 0 Å². The van der Waals surface area contributed by atoms with Crippen LogP contribution in [0.15, 0.2) is 0 Å². The molecule has 1 atom stereocenters. The van der Waals surface area contributed by atoms with Crippen molar-refractivity contribution in [3.05, 3.63) is 10.6 Å². The lowest BCUT2D eigenvalue weighted by molar-refractivity contribution is 0.231. The molecular formula is C15H25N3OS. The van der Waals surface area contributed by atoms with E-state index >= 15 is 0 Å². The van der Waals surface area contributed by atoms with Gasteiger partial charge in [0.1, 0.15) is 0 Å². The number of aliphatic hydroxyl groups is 1. The average Bonchev–Trinajstić information content (AvgIpc) is 3.03. The summed E-state index contributed by atoms with van der Waals surface area (Å²) in [6.07, 6.45) is 2.66. The first-order chi connectivity index (χ1) is 9.49. The van der Waals surface area contributed by atoms with Gasteiger partial charge in [-0.25, -0.2) is 4.98 Å². The molecule has 0 amide bonds. The highest BCUT2D eigenvalue weighted by molar-refractivity contribution is 7.15. The van der Waals surface area contributed by atoms with Gasteiger partial charge in [0.15, 0.2) is 5.13 Å². The molecule has 2 fully saturated rings.